The third-order valence-electron chi connectivity index (χ3n) is 4.24. The average molecular weight is 355 g/mol. The van der Waals surface area contributed by atoms with Gasteiger partial charge in [-0.25, -0.2) is 0 Å². The minimum Gasteiger partial charge on any atom is -0.335 e. The molecule has 0 spiro atoms. The van der Waals surface area contributed by atoms with Crippen LogP contribution in [-0.2, 0) is 24.4 Å². The normalized spacial score (nSPS) is 19.7. The van der Waals surface area contributed by atoms with Crippen LogP contribution in [0.1, 0.15) is 25.2 Å². The van der Waals surface area contributed by atoms with Crippen molar-refractivity contribution in [3.05, 3.63) is 17.5 Å². The van der Waals surface area contributed by atoms with E-state index in [4.69, 9.17) is 5.10 Å². The third kappa shape index (κ3) is 4.45. The summed E-state index contributed by atoms with van der Waals surface area (Å²) in [6.07, 6.45) is 0. The third-order valence-corrected chi connectivity index (χ3v) is 6.76. The highest BCUT2D eigenvalue weighted by molar-refractivity contribution is 8.03. The van der Waals surface area contributed by atoms with Crippen molar-refractivity contribution >= 4 is 29.4 Å². The number of rotatable bonds is 4. The highest BCUT2D eigenvalue weighted by Crippen LogP contribution is 2.18. The summed E-state index contributed by atoms with van der Waals surface area (Å²) in [5.41, 5.74) is 2.25. The van der Waals surface area contributed by atoms with Crippen LogP contribution in [0.3, 0.4) is 0 Å². The van der Waals surface area contributed by atoms with Crippen LogP contribution in [0.2, 0.25) is 0 Å². The van der Waals surface area contributed by atoms with Crippen LogP contribution in [0.5, 0.6) is 0 Å². The van der Waals surface area contributed by atoms with E-state index >= 15 is 0 Å². The van der Waals surface area contributed by atoms with Gasteiger partial charge in [0.25, 0.3) is 0 Å². The first-order valence-corrected chi connectivity index (χ1v) is 10.7. The fourth-order valence-corrected chi connectivity index (χ4v) is 5.42. The Kier molecular flexibility index (Phi) is 5.93. The Morgan fingerprint density at radius 2 is 2.09 bits per heavy atom. The molecule has 0 aromatic carbocycles. The maximum absolute atomic E-state index is 12.2. The van der Waals surface area contributed by atoms with Gasteiger partial charge in [-0.1, -0.05) is 13.8 Å². The van der Waals surface area contributed by atoms with Crippen LogP contribution in [0.15, 0.2) is 6.07 Å². The van der Waals surface area contributed by atoms with E-state index in [1.165, 1.54) is 23.0 Å². The van der Waals surface area contributed by atoms with Crippen molar-refractivity contribution in [2.75, 3.05) is 29.6 Å². The molecule has 1 fully saturated rings. The minimum atomic E-state index is 0.0656. The van der Waals surface area contributed by atoms with E-state index in [2.05, 4.69) is 16.1 Å². The molecule has 2 aliphatic rings. The molecule has 3 rings (SSSR count). The molecule has 2 aliphatic heterocycles. The second-order valence-electron chi connectivity index (χ2n) is 6.49. The Bertz CT molecular complexity index is 538. The van der Waals surface area contributed by atoms with E-state index in [-0.39, 0.29) is 11.8 Å². The topological polar surface area (TPSA) is 50.2 Å². The first-order chi connectivity index (χ1) is 11.1. The van der Waals surface area contributed by atoms with Crippen LogP contribution in [0.25, 0.3) is 0 Å². The molecule has 7 heteroatoms. The molecule has 0 radical (unpaired) electrons. The van der Waals surface area contributed by atoms with E-state index in [1.54, 1.807) is 0 Å². The lowest BCUT2D eigenvalue weighted by Crippen LogP contribution is -2.40. The average Bonchev–Trinajstić information content (AvgIpc) is 2.77. The minimum absolute atomic E-state index is 0.0656. The molecule has 0 aliphatic carbocycles. The molecule has 5 nitrogen and oxygen atoms in total. The maximum Gasteiger partial charge on any atom is 0.225 e. The highest BCUT2D eigenvalue weighted by Gasteiger charge is 2.24. The number of hydrogen-bond acceptors (Lipinski definition) is 5. The van der Waals surface area contributed by atoms with Crippen LogP contribution >= 0.6 is 23.5 Å². The zero-order chi connectivity index (χ0) is 16.2. The molecule has 0 atom stereocenters. The van der Waals surface area contributed by atoms with Gasteiger partial charge in [0.05, 0.1) is 24.5 Å². The van der Waals surface area contributed by atoms with Crippen LogP contribution in [0.4, 0.5) is 0 Å². The zero-order valence-corrected chi connectivity index (χ0v) is 15.6. The molecule has 1 N–H and O–H groups in total. The number of nitrogens with one attached hydrogen (secondary N) is 1. The van der Waals surface area contributed by atoms with Gasteiger partial charge in [-0.05, 0) is 6.07 Å². The van der Waals surface area contributed by atoms with E-state index in [9.17, 15) is 4.79 Å². The van der Waals surface area contributed by atoms with Crippen LogP contribution in [-0.4, -0.2) is 56.2 Å². The molecule has 23 heavy (non-hydrogen) atoms. The first-order valence-electron chi connectivity index (χ1n) is 8.36. The molecular weight excluding hydrogens is 328 g/mol. The summed E-state index contributed by atoms with van der Waals surface area (Å²) < 4.78 is 2.07. The maximum atomic E-state index is 12.2. The van der Waals surface area contributed by atoms with Crippen LogP contribution < -0.4 is 5.32 Å². The number of fused-ring (bicyclic) bond motifs is 1. The lowest BCUT2D eigenvalue weighted by molar-refractivity contribution is -0.136. The van der Waals surface area contributed by atoms with E-state index < -0.39 is 0 Å². The number of aromatic nitrogens is 2. The predicted molar refractivity (Wildman–Crippen MR) is 97.8 cm³/mol. The fraction of sp³-hybridized carbons (Fsp3) is 0.750. The number of carbonyl (C=O) groups is 1. The lowest BCUT2D eigenvalue weighted by atomic mass is 10.1. The molecule has 1 saturated heterocycles. The van der Waals surface area contributed by atoms with Crippen molar-refractivity contribution in [1.29, 1.82) is 0 Å². The van der Waals surface area contributed by atoms with Crippen molar-refractivity contribution < 1.29 is 4.79 Å². The Morgan fingerprint density at radius 1 is 1.35 bits per heavy atom. The molecule has 1 aromatic heterocycles. The summed E-state index contributed by atoms with van der Waals surface area (Å²) in [5.74, 6) is 5.22. The van der Waals surface area contributed by atoms with Crippen molar-refractivity contribution in [3.8, 4) is 0 Å². The highest BCUT2D eigenvalue weighted by atomic mass is 32.2. The summed E-state index contributed by atoms with van der Waals surface area (Å²) in [6.45, 7) is 7.03. The summed E-state index contributed by atoms with van der Waals surface area (Å²) in [7, 11) is 0. The monoisotopic (exact) mass is 354 g/mol. The molecule has 0 saturated carbocycles. The van der Waals surface area contributed by atoms with Gasteiger partial charge in [0.15, 0.2) is 0 Å². The predicted octanol–water partition coefficient (Wildman–Crippen LogP) is 1.82. The van der Waals surface area contributed by atoms with Crippen molar-refractivity contribution in [2.45, 2.75) is 39.5 Å². The van der Waals surface area contributed by atoms with Gasteiger partial charge in [0.1, 0.15) is 0 Å². The fourth-order valence-electron chi connectivity index (χ4n) is 2.95. The van der Waals surface area contributed by atoms with Gasteiger partial charge in [-0.2, -0.15) is 28.6 Å². The zero-order valence-electron chi connectivity index (χ0n) is 14.0. The standard InChI is InChI=1S/C16H26N4OS2/c1-12(2)16(21)19-3-4-20-15(9-19)7-13(18-20)8-17-14-10-22-5-6-23-11-14/h7,12,14,17H,3-6,8-11H2,1-2H3. The number of amides is 1. The summed E-state index contributed by atoms with van der Waals surface area (Å²) >= 11 is 4.08. The Labute approximate surface area is 146 Å². The van der Waals surface area contributed by atoms with Gasteiger partial charge < -0.3 is 10.2 Å². The lowest BCUT2D eigenvalue weighted by Gasteiger charge is -2.29. The van der Waals surface area contributed by atoms with Crippen molar-refractivity contribution in [3.63, 3.8) is 0 Å². The van der Waals surface area contributed by atoms with Crippen molar-refractivity contribution in [2.24, 2.45) is 5.92 Å². The summed E-state index contributed by atoms with van der Waals surface area (Å²) in [4.78, 5) is 14.1. The van der Waals surface area contributed by atoms with Gasteiger partial charge >= 0.3 is 0 Å². The van der Waals surface area contributed by atoms with Gasteiger partial charge in [-0.3, -0.25) is 9.48 Å². The van der Waals surface area contributed by atoms with Gasteiger partial charge in [-0.15, -0.1) is 0 Å². The van der Waals surface area contributed by atoms with E-state index in [1.807, 2.05) is 42.3 Å². The second kappa shape index (κ2) is 7.94. The molecule has 0 unspecified atom stereocenters. The SMILES string of the molecule is CC(C)C(=O)N1CCn2nc(CNC3CSCCSC3)cc2C1. The molecular formula is C16H26N4OS2. The number of hydrogen-bond donors (Lipinski definition) is 1. The second-order valence-corrected chi connectivity index (χ2v) is 8.79. The van der Waals surface area contributed by atoms with E-state index in [0.29, 0.717) is 12.6 Å². The number of thioether (sulfide) groups is 2. The number of carbonyl (C=O) groups excluding carboxylic acids is 1. The van der Waals surface area contributed by atoms with E-state index in [0.717, 1.165) is 31.0 Å². The molecule has 1 aromatic rings. The Balaban J connectivity index is 1.56. The molecule has 0 bridgehead atoms. The first kappa shape index (κ1) is 17.2. The molecule has 3 heterocycles. The van der Waals surface area contributed by atoms with Gasteiger partial charge in [0, 0.05) is 48.1 Å². The molecule has 1 amide bonds. The van der Waals surface area contributed by atoms with Gasteiger partial charge in [0.2, 0.25) is 5.91 Å². The van der Waals surface area contributed by atoms with Crippen LogP contribution in [0, 0.1) is 5.92 Å². The Morgan fingerprint density at radius 3 is 2.78 bits per heavy atom. The smallest absolute Gasteiger partial charge is 0.225 e. The summed E-state index contributed by atoms with van der Waals surface area (Å²) in [5, 5.41) is 8.34. The molecule has 128 valence electrons. The quantitative estimate of drug-likeness (QED) is 0.894. The Hall–Kier alpha value is -0.660. The van der Waals surface area contributed by atoms with Crippen molar-refractivity contribution in [1.82, 2.24) is 20.0 Å². The largest absolute Gasteiger partial charge is 0.335 e. The number of nitrogens with zero attached hydrogens (tertiary/aromatic N) is 3. The summed E-state index contributed by atoms with van der Waals surface area (Å²) in [6, 6.07) is 2.73.